The molecule has 0 saturated carbocycles. The Bertz CT molecular complexity index is 1100. The Hall–Kier alpha value is -3.68. The van der Waals surface area contributed by atoms with Crippen molar-refractivity contribution >= 4 is 17.5 Å². The molecule has 30 heavy (non-hydrogen) atoms. The summed E-state index contributed by atoms with van der Waals surface area (Å²) in [7, 11) is 1.57. The molecule has 0 aliphatic carbocycles. The number of para-hydroxylation sites is 2. The molecule has 0 saturated heterocycles. The van der Waals surface area contributed by atoms with Gasteiger partial charge in [-0.3, -0.25) is 4.79 Å². The second kappa shape index (κ2) is 7.98. The van der Waals surface area contributed by atoms with Crippen LogP contribution in [0.3, 0.4) is 0 Å². The number of nitrogens with one attached hydrogen (secondary N) is 2. The van der Waals surface area contributed by atoms with Gasteiger partial charge in [0.25, 0.3) is 5.91 Å². The molecule has 1 aliphatic rings. The standard InChI is InChI=1S/C22H24N6O2/c1-13(2)15-9-11-16(12-10-15)20-19(14(3)23-22-25-26-27-28(20)22)21(29)24-17-7-5-6-8-18(17)30-4/h5-13,20H,1-4H3,(H,24,29)(H,23,25,27)/t20-/m0/s1. The lowest BCUT2D eigenvalue weighted by atomic mass is 9.92. The maximum absolute atomic E-state index is 13.4. The summed E-state index contributed by atoms with van der Waals surface area (Å²) in [4.78, 5) is 13.4. The lowest BCUT2D eigenvalue weighted by Crippen LogP contribution is -2.31. The zero-order valence-electron chi connectivity index (χ0n) is 17.4. The lowest BCUT2D eigenvalue weighted by Gasteiger charge is -2.28. The molecule has 2 N–H and O–H groups in total. The van der Waals surface area contributed by atoms with E-state index in [2.05, 4.69) is 52.1 Å². The molecule has 1 amide bonds. The average molecular weight is 404 g/mol. The second-order valence-corrected chi connectivity index (χ2v) is 7.49. The van der Waals surface area contributed by atoms with E-state index in [1.165, 1.54) is 5.56 Å². The molecule has 0 fully saturated rings. The maximum atomic E-state index is 13.4. The molecule has 2 aromatic carbocycles. The highest BCUT2D eigenvalue weighted by atomic mass is 16.5. The van der Waals surface area contributed by atoms with Crippen molar-refractivity contribution in [2.24, 2.45) is 0 Å². The third kappa shape index (κ3) is 3.52. The van der Waals surface area contributed by atoms with E-state index in [0.717, 1.165) is 5.56 Å². The van der Waals surface area contributed by atoms with Crippen molar-refractivity contribution in [3.05, 3.63) is 70.9 Å². The Morgan fingerprint density at radius 1 is 1.17 bits per heavy atom. The van der Waals surface area contributed by atoms with Gasteiger partial charge < -0.3 is 15.4 Å². The van der Waals surface area contributed by atoms with Crippen molar-refractivity contribution in [3.8, 4) is 5.75 Å². The maximum Gasteiger partial charge on any atom is 0.255 e. The van der Waals surface area contributed by atoms with E-state index in [1.54, 1.807) is 23.9 Å². The number of tetrazole rings is 1. The van der Waals surface area contributed by atoms with Crippen molar-refractivity contribution in [1.29, 1.82) is 0 Å². The zero-order chi connectivity index (χ0) is 21.3. The monoisotopic (exact) mass is 404 g/mol. The summed E-state index contributed by atoms with van der Waals surface area (Å²) >= 11 is 0. The van der Waals surface area contributed by atoms with E-state index in [0.29, 0.717) is 34.6 Å². The number of ether oxygens (including phenoxy) is 1. The first kappa shape index (κ1) is 19.6. The van der Waals surface area contributed by atoms with Crippen LogP contribution in [0, 0.1) is 0 Å². The molecule has 0 bridgehead atoms. The Labute approximate surface area is 174 Å². The minimum atomic E-state index is -0.452. The number of hydrogen-bond donors (Lipinski definition) is 2. The number of carbonyl (C=O) groups is 1. The van der Waals surface area contributed by atoms with E-state index in [4.69, 9.17) is 4.74 Å². The Kier molecular flexibility index (Phi) is 5.22. The number of allylic oxidation sites excluding steroid dienone is 1. The number of fused-ring (bicyclic) bond motifs is 1. The largest absolute Gasteiger partial charge is 0.495 e. The summed E-state index contributed by atoms with van der Waals surface area (Å²) in [5.41, 5.74) is 3.99. The minimum absolute atomic E-state index is 0.247. The van der Waals surface area contributed by atoms with E-state index in [1.807, 2.05) is 31.2 Å². The average Bonchev–Trinajstić information content (AvgIpc) is 3.21. The number of rotatable bonds is 5. The van der Waals surface area contributed by atoms with Crippen LogP contribution in [-0.4, -0.2) is 33.2 Å². The van der Waals surface area contributed by atoms with E-state index in [9.17, 15) is 4.79 Å². The third-order valence-electron chi connectivity index (χ3n) is 5.23. The minimum Gasteiger partial charge on any atom is -0.495 e. The number of anilines is 2. The van der Waals surface area contributed by atoms with Crippen LogP contribution in [0.25, 0.3) is 0 Å². The van der Waals surface area contributed by atoms with Gasteiger partial charge in [0.1, 0.15) is 11.8 Å². The molecule has 0 radical (unpaired) electrons. The summed E-state index contributed by atoms with van der Waals surface area (Å²) in [5.74, 6) is 1.26. The molecule has 1 aromatic heterocycles. The molecule has 4 rings (SSSR count). The van der Waals surface area contributed by atoms with Crippen molar-refractivity contribution in [3.63, 3.8) is 0 Å². The number of aromatic nitrogens is 4. The second-order valence-electron chi connectivity index (χ2n) is 7.49. The summed E-state index contributed by atoms with van der Waals surface area (Å²) in [6.45, 7) is 6.15. The highest BCUT2D eigenvalue weighted by molar-refractivity contribution is 6.06. The molecule has 1 aliphatic heterocycles. The van der Waals surface area contributed by atoms with Crippen molar-refractivity contribution in [1.82, 2.24) is 20.2 Å². The Morgan fingerprint density at radius 3 is 2.60 bits per heavy atom. The van der Waals surface area contributed by atoms with Gasteiger partial charge in [-0.15, -0.1) is 0 Å². The van der Waals surface area contributed by atoms with Gasteiger partial charge in [-0.25, -0.2) is 0 Å². The van der Waals surface area contributed by atoms with Gasteiger partial charge in [-0.2, -0.15) is 4.68 Å². The first-order valence-electron chi connectivity index (χ1n) is 9.79. The number of carbonyl (C=O) groups excluding carboxylic acids is 1. The number of nitrogens with zero attached hydrogens (tertiary/aromatic N) is 4. The van der Waals surface area contributed by atoms with E-state index >= 15 is 0 Å². The molecule has 2 heterocycles. The molecule has 8 nitrogen and oxygen atoms in total. The Morgan fingerprint density at radius 2 is 1.90 bits per heavy atom. The topological polar surface area (TPSA) is 94.0 Å². The molecule has 3 aromatic rings. The van der Waals surface area contributed by atoms with Gasteiger partial charge in [0.2, 0.25) is 5.95 Å². The number of methoxy groups -OCH3 is 1. The van der Waals surface area contributed by atoms with Gasteiger partial charge in [-0.1, -0.05) is 55.3 Å². The summed E-state index contributed by atoms with van der Waals surface area (Å²) in [6.07, 6.45) is 0. The van der Waals surface area contributed by atoms with E-state index < -0.39 is 6.04 Å². The predicted molar refractivity (Wildman–Crippen MR) is 114 cm³/mol. The highest BCUT2D eigenvalue weighted by Gasteiger charge is 2.34. The predicted octanol–water partition coefficient (Wildman–Crippen LogP) is 3.73. The summed E-state index contributed by atoms with van der Waals surface area (Å²) in [6, 6.07) is 15.1. The van der Waals surface area contributed by atoms with Crippen LogP contribution in [0.15, 0.2) is 59.8 Å². The molecular formula is C22H24N6O2. The van der Waals surface area contributed by atoms with Crippen LogP contribution in [0.4, 0.5) is 11.6 Å². The highest BCUT2D eigenvalue weighted by Crippen LogP contribution is 2.36. The lowest BCUT2D eigenvalue weighted by molar-refractivity contribution is -0.113. The molecule has 8 heteroatoms. The number of hydrogen-bond acceptors (Lipinski definition) is 6. The quantitative estimate of drug-likeness (QED) is 0.673. The van der Waals surface area contributed by atoms with Crippen molar-refractivity contribution in [2.45, 2.75) is 32.7 Å². The van der Waals surface area contributed by atoms with Crippen LogP contribution in [0.5, 0.6) is 5.75 Å². The molecule has 0 spiro atoms. The molecule has 0 unspecified atom stereocenters. The van der Waals surface area contributed by atoms with Crippen LogP contribution in [0.2, 0.25) is 0 Å². The SMILES string of the molecule is COc1ccccc1NC(=O)C1=C(C)Nc2nnnn2[C@H]1c1ccc(C(C)C)cc1. The van der Waals surface area contributed by atoms with Gasteiger partial charge in [0.15, 0.2) is 0 Å². The fourth-order valence-electron chi connectivity index (χ4n) is 3.62. The van der Waals surface area contributed by atoms with Crippen molar-refractivity contribution < 1.29 is 9.53 Å². The summed E-state index contributed by atoms with van der Waals surface area (Å²) in [5, 5.41) is 18.1. The van der Waals surface area contributed by atoms with Crippen LogP contribution in [-0.2, 0) is 4.79 Å². The van der Waals surface area contributed by atoms with Crippen LogP contribution in [0.1, 0.15) is 43.9 Å². The first-order chi connectivity index (χ1) is 14.5. The normalized spacial score (nSPS) is 15.6. The van der Waals surface area contributed by atoms with Gasteiger partial charge in [0, 0.05) is 5.70 Å². The van der Waals surface area contributed by atoms with Crippen molar-refractivity contribution in [2.75, 3.05) is 17.7 Å². The number of benzene rings is 2. The molecule has 1 atom stereocenters. The summed E-state index contributed by atoms with van der Waals surface area (Å²) < 4.78 is 7.00. The van der Waals surface area contributed by atoms with Gasteiger partial charge >= 0.3 is 0 Å². The first-order valence-corrected chi connectivity index (χ1v) is 9.79. The van der Waals surface area contributed by atoms with Crippen LogP contribution >= 0.6 is 0 Å². The Balaban J connectivity index is 1.75. The fraction of sp³-hybridized carbons (Fsp3) is 0.273. The van der Waals surface area contributed by atoms with Gasteiger partial charge in [0.05, 0.1) is 18.4 Å². The van der Waals surface area contributed by atoms with Gasteiger partial charge in [-0.05, 0) is 46.5 Å². The zero-order valence-corrected chi connectivity index (χ0v) is 17.4. The van der Waals surface area contributed by atoms with Crippen LogP contribution < -0.4 is 15.4 Å². The molecular weight excluding hydrogens is 380 g/mol. The van der Waals surface area contributed by atoms with E-state index in [-0.39, 0.29) is 5.91 Å². The third-order valence-corrected chi connectivity index (χ3v) is 5.23. The fourth-order valence-corrected chi connectivity index (χ4v) is 3.62. The molecule has 154 valence electrons. The smallest absolute Gasteiger partial charge is 0.255 e. The number of amides is 1.